The summed E-state index contributed by atoms with van der Waals surface area (Å²) in [5, 5.41) is 15.6. The van der Waals surface area contributed by atoms with Gasteiger partial charge in [-0.1, -0.05) is 41.9 Å². The van der Waals surface area contributed by atoms with E-state index in [1.807, 2.05) is 11.3 Å². The SMILES string of the molecule is CCCn1c(SCC(=O)Nc2ccc(Cl)c(Cl)c2)nnc1-c1csc2c1CCCC2. The molecule has 0 unspecified atom stereocenters. The van der Waals surface area contributed by atoms with Gasteiger partial charge in [-0.05, 0) is 55.9 Å². The first-order valence-electron chi connectivity index (χ1n) is 9.97. The molecule has 158 valence electrons. The van der Waals surface area contributed by atoms with Crippen LogP contribution in [0.2, 0.25) is 10.0 Å². The highest BCUT2D eigenvalue weighted by molar-refractivity contribution is 7.99. The molecule has 1 amide bonds. The lowest BCUT2D eigenvalue weighted by Gasteiger charge is -2.13. The summed E-state index contributed by atoms with van der Waals surface area (Å²) in [5.74, 6) is 1.03. The fraction of sp³-hybridized carbons (Fsp3) is 0.381. The first-order valence-corrected chi connectivity index (χ1v) is 12.6. The van der Waals surface area contributed by atoms with Gasteiger partial charge in [-0.3, -0.25) is 4.79 Å². The van der Waals surface area contributed by atoms with Crippen LogP contribution in [0.4, 0.5) is 5.69 Å². The number of halogens is 2. The average Bonchev–Trinajstić information content (AvgIpc) is 3.33. The largest absolute Gasteiger partial charge is 0.325 e. The third kappa shape index (κ3) is 4.69. The second-order valence-electron chi connectivity index (χ2n) is 7.18. The van der Waals surface area contributed by atoms with Gasteiger partial charge in [-0.25, -0.2) is 0 Å². The van der Waals surface area contributed by atoms with E-state index in [2.05, 4.69) is 32.4 Å². The summed E-state index contributed by atoms with van der Waals surface area (Å²) >= 11 is 15.2. The van der Waals surface area contributed by atoms with E-state index in [1.165, 1.54) is 47.0 Å². The molecule has 0 fully saturated rings. The Labute approximate surface area is 194 Å². The van der Waals surface area contributed by atoms with Gasteiger partial charge in [0.05, 0.1) is 15.8 Å². The molecule has 0 atom stereocenters. The van der Waals surface area contributed by atoms with Crippen molar-refractivity contribution in [3.05, 3.63) is 44.1 Å². The lowest BCUT2D eigenvalue weighted by Crippen LogP contribution is -2.14. The van der Waals surface area contributed by atoms with Gasteiger partial charge in [0, 0.05) is 28.1 Å². The average molecular weight is 481 g/mol. The Balaban J connectivity index is 1.48. The number of carbonyl (C=O) groups excluding carboxylic acids is 1. The highest BCUT2D eigenvalue weighted by Crippen LogP contribution is 2.37. The standard InChI is InChI=1S/C21H22Cl2N4OS2/c1-2-9-27-20(15-11-29-18-6-4-3-5-14(15)18)25-26-21(27)30-12-19(28)24-13-7-8-16(22)17(23)10-13/h7-8,10-11H,2-6,9,12H2,1H3,(H,24,28). The van der Waals surface area contributed by atoms with Crippen molar-refractivity contribution in [3.63, 3.8) is 0 Å². The van der Waals surface area contributed by atoms with Gasteiger partial charge in [0.25, 0.3) is 0 Å². The van der Waals surface area contributed by atoms with Gasteiger partial charge in [0.15, 0.2) is 11.0 Å². The van der Waals surface area contributed by atoms with E-state index >= 15 is 0 Å². The number of amides is 1. The topological polar surface area (TPSA) is 59.8 Å². The molecule has 5 nitrogen and oxygen atoms in total. The van der Waals surface area contributed by atoms with Crippen molar-refractivity contribution in [2.45, 2.75) is 50.7 Å². The normalized spacial score (nSPS) is 13.3. The predicted octanol–water partition coefficient (Wildman–Crippen LogP) is 6.33. The first kappa shape index (κ1) is 21.7. The zero-order valence-electron chi connectivity index (χ0n) is 16.6. The van der Waals surface area contributed by atoms with Crippen LogP contribution in [0.5, 0.6) is 0 Å². The molecular weight excluding hydrogens is 459 g/mol. The van der Waals surface area contributed by atoms with Crippen LogP contribution in [0.15, 0.2) is 28.7 Å². The number of thiophene rings is 1. The van der Waals surface area contributed by atoms with Crippen molar-refractivity contribution in [2.24, 2.45) is 0 Å². The number of carbonyl (C=O) groups is 1. The molecule has 0 radical (unpaired) electrons. The Kier molecular flexibility index (Phi) is 7.03. The van der Waals surface area contributed by atoms with Gasteiger partial charge in [0.2, 0.25) is 5.91 Å². The van der Waals surface area contributed by atoms with Crippen molar-refractivity contribution in [1.29, 1.82) is 0 Å². The molecule has 0 spiro atoms. The van der Waals surface area contributed by atoms with Gasteiger partial charge in [-0.15, -0.1) is 21.5 Å². The van der Waals surface area contributed by atoms with Crippen LogP contribution in [-0.4, -0.2) is 26.4 Å². The molecule has 4 rings (SSSR count). The smallest absolute Gasteiger partial charge is 0.234 e. The van der Waals surface area contributed by atoms with E-state index in [0.29, 0.717) is 15.7 Å². The maximum Gasteiger partial charge on any atom is 0.234 e. The number of benzene rings is 1. The molecule has 1 N–H and O–H groups in total. The molecule has 2 heterocycles. The molecule has 30 heavy (non-hydrogen) atoms. The van der Waals surface area contributed by atoms with E-state index in [-0.39, 0.29) is 11.7 Å². The van der Waals surface area contributed by atoms with Crippen LogP contribution < -0.4 is 5.32 Å². The summed E-state index contributed by atoms with van der Waals surface area (Å²) in [6.07, 6.45) is 5.75. The third-order valence-corrected chi connectivity index (χ3v) is 7.80. The van der Waals surface area contributed by atoms with Crippen LogP contribution in [0.25, 0.3) is 11.4 Å². The minimum absolute atomic E-state index is 0.126. The zero-order valence-corrected chi connectivity index (χ0v) is 19.7. The monoisotopic (exact) mass is 480 g/mol. The highest BCUT2D eigenvalue weighted by atomic mass is 35.5. The summed E-state index contributed by atoms with van der Waals surface area (Å²) in [7, 11) is 0. The molecule has 1 aromatic carbocycles. The summed E-state index contributed by atoms with van der Waals surface area (Å²) < 4.78 is 2.15. The van der Waals surface area contributed by atoms with Crippen molar-refractivity contribution in [3.8, 4) is 11.4 Å². The molecule has 0 bridgehead atoms. The molecular formula is C21H22Cl2N4OS2. The lowest BCUT2D eigenvalue weighted by atomic mass is 9.95. The summed E-state index contributed by atoms with van der Waals surface area (Å²) in [5.41, 5.74) is 3.27. The fourth-order valence-corrected chi connectivity index (χ4v) is 5.79. The van der Waals surface area contributed by atoms with E-state index in [4.69, 9.17) is 23.2 Å². The number of thioether (sulfide) groups is 1. The number of hydrogen-bond donors (Lipinski definition) is 1. The highest BCUT2D eigenvalue weighted by Gasteiger charge is 2.22. The minimum Gasteiger partial charge on any atom is -0.325 e. The molecule has 9 heteroatoms. The Morgan fingerprint density at radius 3 is 2.87 bits per heavy atom. The summed E-state index contributed by atoms with van der Waals surface area (Å²) in [6, 6.07) is 5.04. The Morgan fingerprint density at radius 2 is 2.07 bits per heavy atom. The third-order valence-electron chi connectivity index (χ3n) is 5.00. The number of anilines is 1. The van der Waals surface area contributed by atoms with Crippen molar-refractivity contribution < 1.29 is 4.79 Å². The molecule has 2 aromatic heterocycles. The second-order valence-corrected chi connectivity index (χ2v) is 9.90. The molecule has 1 aliphatic carbocycles. The second kappa shape index (κ2) is 9.73. The number of nitrogens with one attached hydrogen (secondary N) is 1. The van der Waals surface area contributed by atoms with Crippen molar-refractivity contribution >= 4 is 57.9 Å². The molecule has 0 saturated heterocycles. The van der Waals surface area contributed by atoms with Crippen molar-refractivity contribution in [1.82, 2.24) is 14.8 Å². The van der Waals surface area contributed by atoms with E-state index < -0.39 is 0 Å². The predicted molar refractivity (Wildman–Crippen MR) is 126 cm³/mol. The number of nitrogens with zero attached hydrogens (tertiary/aromatic N) is 3. The molecule has 0 saturated carbocycles. The summed E-state index contributed by atoms with van der Waals surface area (Å²) in [6.45, 7) is 2.96. The minimum atomic E-state index is -0.126. The first-order chi connectivity index (χ1) is 14.6. The van der Waals surface area contributed by atoms with Gasteiger partial charge in [-0.2, -0.15) is 0 Å². The number of hydrogen-bond acceptors (Lipinski definition) is 5. The van der Waals surface area contributed by atoms with Gasteiger partial charge >= 0.3 is 0 Å². The Hall–Kier alpha value is -1.54. The van der Waals surface area contributed by atoms with Gasteiger partial charge < -0.3 is 9.88 Å². The maximum absolute atomic E-state index is 12.4. The number of aryl methyl sites for hydroxylation is 1. The quantitative estimate of drug-likeness (QED) is 0.401. The van der Waals surface area contributed by atoms with Crippen LogP contribution in [-0.2, 0) is 24.2 Å². The van der Waals surface area contributed by atoms with Crippen LogP contribution in [0.3, 0.4) is 0 Å². The van der Waals surface area contributed by atoms with E-state index in [0.717, 1.165) is 30.4 Å². The number of rotatable bonds is 7. The van der Waals surface area contributed by atoms with Crippen LogP contribution in [0.1, 0.15) is 36.6 Å². The van der Waals surface area contributed by atoms with Gasteiger partial charge in [0.1, 0.15) is 0 Å². The Morgan fingerprint density at radius 1 is 1.23 bits per heavy atom. The lowest BCUT2D eigenvalue weighted by molar-refractivity contribution is -0.113. The zero-order chi connectivity index (χ0) is 21.1. The van der Waals surface area contributed by atoms with E-state index in [1.54, 1.807) is 18.2 Å². The van der Waals surface area contributed by atoms with Crippen LogP contribution in [0, 0.1) is 0 Å². The maximum atomic E-state index is 12.4. The van der Waals surface area contributed by atoms with E-state index in [9.17, 15) is 4.79 Å². The van der Waals surface area contributed by atoms with Crippen LogP contribution >= 0.6 is 46.3 Å². The molecule has 0 aliphatic heterocycles. The number of aromatic nitrogens is 3. The number of fused-ring (bicyclic) bond motifs is 1. The Bertz CT molecular complexity index is 1060. The molecule has 1 aliphatic rings. The fourth-order valence-electron chi connectivity index (χ4n) is 3.60. The molecule has 3 aromatic rings. The van der Waals surface area contributed by atoms with Crippen molar-refractivity contribution in [2.75, 3.05) is 11.1 Å². The summed E-state index contributed by atoms with van der Waals surface area (Å²) in [4.78, 5) is 13.9.